The summed E-state index contributed by atoms with van der Waals surface area (Å²) in [4.78, 5) is 21.1. The van der Waals surface area contributed by atoms with E-state index in [9.17, 15) is 4.79 Å². The van der Waals surface area contributed by atoms with Crippen molar-refractivity contribution >= 4 is 12.3 Å². The predicted molar refractivity (Wildman–Crippen MR) is 40.4 cm³/mol. The molecule has 1 fully saturated rings. The molecule has 1 saturated heterocycles. The van der Waals surface area contributed by atoms with Crippen molar-refractivity contribution in [2.45, 2.75) is 12.8 Å². The maximum Gasteiger partial charge on any atom is 0.290 e. The van der Waals surface area contributed by atoms with Crippen molar-refractivity contribution in [2.75, 3.05) is 20.1 Å². The summed E-state index contributed by atoms with van der Waals surface area (Å²) in [6.07, 6.45) is 1.52. The molecule has 1 aliphatic heterocycles. The van der Waals surface area contributed by atoms with Crippen LogP contribution in [0.2, 0.25) is 0 Å². The zero-order valence-electron chi connectivity index (χ0n) is 6.62. The molecule has 0 atom stereocenters. The Balaban J connectivity index is 0.000000292. The van der Waals surface area contributed by atoms with Crippen LogP contribution >= 0.6 is 0 Å². The minimum absolute atomic E-state index is 0.250. The molecule has 0 unspecified atom stereocenters. The second-order valence-electron chi connectivity index (χ2n) is 2.45. The highest BCUT2D eigenvalue weighted by Crippen LogP contribution is 2.01. The van der Waals surface area contributed by atoms with E-state index < -0.39 is 0 Å². The molecule has 0 saturated carbocycles. The van der Waals surface area contributed by atoms with E-state index in [2.05, 4.69) is 4.90 Å². The van der Waals surface area contributed by atoms with Gasteiger partial charge in [-0.25, -0.2) is 0 Å². The summed E-state index contributed by atoms with van der Waals surface area (Å²) in [5.41, 5.74) is 0. The number of ketones is 1. The van der Waals surface area contributed by atoms with Crippen LogP contribution < -0.4 is 0 Å². The summed E-state index contributed by atoms with van der Waals surface area (Å²) in [7, 11) is 2.05. The highest BCUT2D eigenvalue weighted by molar-refractivity contribution is 5.79. The number of Topliss-reactive ketones (excluding diaryl/α,β-unsaturated/α-hetero) is 1. The van der Waals surface area contributed by atoms with Gasteiger partial charge in [0.25, 0.3) is 6.47 Å². The van der Waals surface area contributed by atoms with Gasteiger partial charge in [0, 0.05) is 25.9 Å². The van der Waals surface area contributed by atoms with Gasteiger partial charge >= 0.3 is 0 Å². The maximum absolute atomic E-state index is 10.6. The highest BCUT2D eigenvalue weighted by atomic mass is 16.3. The lowest BCUT2D eigenvalue weighted by Crippen LogP contribution is -2.29. The van der Waals surface area contributed by atoms with Crippen LogP contribution in [0.15, 0.2) is 0 Å². The topological polar surface area (TPSA) is 57.6 Å². The van der Waals surface area contributed by atoms with E-state index in [1.54, 1.807) is 0 Å². The summed E-state index contributed by atoms with van der Waals surface area (Å²) in [5, 5.41) is 6.89. The Morgan fingerprint density at radius 1 is 1.45 bits per heavy atom. The number of carboxylic acid groups (broad SMARTS) is 1. The van der Waals surface area contributed by atoms with Crippen LogP contribution in [-0.4, -0.2) is 42.4 Å². The lowest BCUT2D eigenvalue weighted by Gasteiger charge is -2.19. The van der Waals surface area contributed by atoms with Crippen molar-refractivity contribution < 1.29 is 14.7 Å². The third-order valence-electron chi connectivity index (χ3n) is 1.54. The second kappa shape index (κ2) is 5.85. The van der Waals surface area contributed by atoms with E-state index in [0.717, 1.165) is 25.9 Å². The number of hydrogen-bond donors (Lipinski definition) is 1. The van der Waals surface area contributed by atoms with Crippen molar-refractivity contribution in [3.63, 3.8) is 0 Å². The van der Waals surface area contributed by atoms with E-state index in [-0.39, 0.29) is 6.47 Å². The van der Waals surface area contributed by atoms with E-state index in [1.165, 1.54) is 0 Å². The number of carbonyl (C=O) groups is 2. The first-order chi connectivity index (χ1) is 5.20. The van der Waals surface area contributed by atoms with Crippen LogP contribution in [0.4, 0.5) is 0 Å². The Morgan fingerprint density at radius 2 is 1.82 bits per heavy atom. The molecular weight excluding hydrogens is 146 g/mol. The van der Waals surface area contributed by atoms with Crippen molar-refractivity contribution in [1.82, 2.24) is 4.90 Å². The Hall–Kier alpha value is -0.900. The molecular formula is C7H13NO3. The van der Waals surface area contributed by atoms with Crippen LogP contribution in [0.3, 0.4) is 0 Å². The minimum Gasteiger partial charge on any atom is -0.483 e. The normalized spacial score (nSPS) is 18.5. The van der Waals surface area contributed by atoms with Crippen LogP contribution in [0.25, 0.3) is 0 Å². The molecule has 4 heteroatoms. The Labute approximate surface area is 65.8 Å². The monoisotopic (exact) mass is 159 g/mol. The van der Waals surface area contributed by atoms with Crippen molar-refractivity contribution in [2.24, 2.45) is 0 Å². The van der Waals surface area contributed by atoms with Gasteiger partial charge in [0.1, 0.15) is 5.78 Å². The molecule has 11 heavy (non-hydrogen) atoms. The molecule has 1 N–H and O–H groups in total. The van der Waals surface area contributed by atoms with Gasteiger partial charge < -0.3 is 10.0 Å². The first-order valence-electron chi connectivity index (χ1n) is 3.48. The molecule has 0 aromatic carbocycles. The first-order valence-corrected chi connectivity index (χ1v) is 3.48. The standard InChI is InChI=1S/C6H11NO.CH2O2/c1-7-4-2-6(8)3-5-7;2-1-3/h2-5H2,1H3;1H,(H,2,3). The number of piperidine rings is 1. The van der Waals surface area contributed by atoms with E-state index in [1.807, 2.05) is 7.05 Å². The smallest absolute Gasteiger partial charge is 0.290 e. The van der Waals surface area contributed by atoms with E-state index >= 15 is 0 Å². The molecule has 0 spiro atoms. The SMILES string of the molecule is CN1CCC(=O)CC1.O=CO. The lowest BCUT2D eigenvalue weighted by molar-refractivity contribution is -0.123. The van der Waals surface area contributed by atoms with Crippen molar-refractivity contribution in [3.05, 3.63) is 0 Å². The van der Waals surface area contributed by atoms with Gasteiger partial charge in [-0.15, -0.1) is 0 Å². The van der Waals surface area contributed by atoms with E-state index in [0.29, 0.717) is 5.78 Å². The lowest BCUT2D eigenvalue weighted by atomic mass is 10.1. The van der Waals surface area contributed by atoms with Crippen molar-refractivity contribution in [3.8, 4) is 0 Å². The van der Waals surface area contributed by atoms with Crippen LogP contribution in [0.5, 0.6) is 0 Å². The fraction of sp³-hybridized carbons (Fsp3) is 0.714. The van der Waals surface area contributed by atoms with Crippen molar-refractivity contribution in [1.29, 1.82) is 0 Å². The molecule has 0 bridgehead atoms. The summed E-state index contributed by atoms with van der Waals surface area (Å²) >= 11 is 0. The van der Waals surface area contributed by atoms with Gasteiger partial charge in [-0.3, -0.25) is 9.59 Å². The summed E-state index contributed by atoms with van der Waals surface area (Å²) in [6, 6.07) is 0. The number of carbonyl (C=O) groups excluding carboxylic acids is 1. The Kier molecular flexibility index (Phi) is 5.37. The van der Waals surface area contributed by atoms with Gasteiger partial charge in [0.05, 0.1) is 0 Å². The fourth-order valence-corrected chi connectivity index (χ4v) is 0.868. The summed E-state index contributed by atoms with van der Waals surface area (Å²) in [5.74, 6) is 0.420. The third kappa shape index (κ3) is 5.54. The Morgan fingerprint density at radius 3 is 2.09 bits per heavy atom. The minimum atomic E-state index is -0.250. The van der Waals surface area contributed by atoms with Gasteiger partial charge in [-0.2, -0.15) is 0 Å². The molecule has 4 nitrogen and oxygen atoms in total. The third-order valence-corrected chi connectivity index (χ3v) is 1.54. The largest absolute Gasteiger partial charge is 0.483 e. The molecule has 1 rings (SSSR count). The summed E-state index contributed by atoms with van der Waals surface area (Å²) < 4.78 is 0. The van der Waals surface area contributed by atoms with Crippen LogP contribution in [0, 0.1) is 0 Å². The molecule has 0 amide bonds. The molecule has 1 heterocycles. The van der Waals surface area contributed by atoms with Gasteiger partial charge in [0.15, 0.2) is 0 Å². The number of likely N-dealkylation sites (tertiary alicyclic amines) is 1. The molecule has 64 valence electrons. The number of rotatable bonds is 0. The predicted octanol–water partition coefficient (Wildman–Crippen LogP) is -0.0181. The van der Waals surface area contributed by atoms with Gasteiger partial charge in [0.2, 0.25) is 0 Å². The average molecular weight is 159 g/mol. The Bertz CT molecular complexity index is 126. The summed E-state index contributed by atoms with van der Waals surface area (Å²) in [6.45, 7) is 1.66. The zero-order valence-corrected chi connectivity index (χ0v) is 6.62. The second-order valence-corrected chi connectivity index (χ2v) is 2.45. The molecule has 1 aliphatic rings. The van der Waals surface area contributed by atoms with E-state index in [4.69, 9.17) is 9.90 Å². The molecule has 0 radical (unpaired) electrons. The average Bonchev–Trinajstić information content (AvgIpc) is 1.97. The van der Waals surface area contributed by atoms with Gasteiger partial charge in [-0.05, 0) is 7.05 Å². The number of hydrogen-bond acceptors (Lipinski definition) is 3. The first kappa shape index (κ1) is 10.1. The molecule has 0 aromatic rings. The zero-order chi connectivity index (χ0) is 8.69. The number of nitrogens with zero attached hydrogens (tertiary/aromatic N) is 1. The highest BCUT2D eigenvalue weighted by Gasteiger charge is 2.10. The molecule has 0 aromatic heterocycles. The van der Waals surface area contributed by atoms with Crippen LogP contribution in [-0.2, 0) is 9.59 Å². The quantitative estimate of drug-likeness (QED) is 0.505. The van der Waals surface area contributed by atoms with Crippen LogP contribution in [0.1, 0.15) is 12.8 Å². The van der Waals surface area contributed by atoms with Gasteiger partial charge in [-0.1, -0.05) is 0 Å². The maximum atomic E-state index is 10.6. The molecule has 0 aliphatic carbocycles. The fourth-order valence-electron chi connectivity index (χ4n) is 0.868.